The monoisotopic (exact) mass is 291 g/mol. The fourth-order valence-corrected chi connectivity index (χ4v) is 2.27. The molecule has 1 aliphatic carbocycles. The number of carbonyl (C=O) groups excluding carboxylic acids is 2. The van der Waals surface area contributed by atoms with Gasteiger partial charge >= 0.3 is 0 Å². The van der Waals surface area contributed by atoms with Gasteiger partial charge in [-0.15, -0.1) is 0 Å². The molecule has 6 heteroatoms. The van der Waals surface area contributed by atoms with Gasteiger partial charge in [0, 0.05) is 23.4 Å². The lowest BCUT2D eigenvalue weighted by Gasteiger charge is -2.27. The minimum absolute atomic E-state index is 0.211. The first-order valence-corrected chi connectivity index (χ1v) is 6.93. The number of carboxylic acids is 1. The molecule has 0 aromatic carbocycles. The largest absolute Gasteiger partial charge is 0.550 e. The van der Waals surface area contributed by atoms with Gasteiger partial charge in [-0.1, -0.05) is 38.1 Å². The number of amides is 1. The Morgan fingerprint density at radius 3 is 2.43 bits per heavy atom. The molecular weight excluding hydrogens is 272 g/mol. The second kappa shape index (κ2) is 5.71. The van der Waals surface area contributed by atoms with Crippen molar-refractivity contribution in [1.82, 2.24) is 5.16 Å². The molecule has 6 nitrogen and oxygen atoms in total. The fraction of sp³-hybridized carbons (Fsp3) is 0.533. The number of hydrogen-bond acceptors (Lipinski definition) is 5. The number of nitrogens with zero attached hydrogens (tertiary/aromatic N) is 1. The van der Waals surface area contributed by atoms with E-state index in [1.807, 2.05) is 26.8 Å². The molecule has 0 aliphatic heterocycles. The van der Waals surface area contributed by atoms with Crippen LogP contribution in [0.1, 0.15) is 39.4 Å². The number of aliphatic carboxylic acids is 1. The maximum atomic E-state index is 12.2. The Hall–Kier alpha value is -2.11. The topological polar surface area (TPSA) is 95.3 Å². The first-order valence-electron chi connectivity index (χ1n) is 6.93. The summed E-state index contributed by atoms with van der Waals surface area (Å²) in [4.78, 5) is 23.3. The van der Waals surface area contributed by atoms with Crippen molar-refractivity contribution in [3.05, 3.63) is 24.0 Å². The molecule has 1 amide bonds. The van der Waals surface area contributed by atoms with Crippen LogP contribution in [0.25, 0.3) is 0 Å². The van der Waals surface area contributed by atoms with E-state index < -0.39 is 17.8 Å². The molecule has 0 saturated heterocycles. The average molecular weight is 291 g/mol. The van der Waals surface area contributed by atoms with Crippen molar-refractivity contribution < 1.29 is 19.2 Å². The summed E-state index contributed by atoms with van der Waals surface area (Å²) in [6.07, 6.45) is 4.27. The molecule has 1 N–H and O–H groups in total. The number of allylic oxidation sites excluding steroid dienone is 2. The second-order valence-corrected chi connectivity index (χ2v) is 6.29. The normalized spacial score (nSPS) is 22.0. The van der Waals surface area contributed by atoms with Crippen LogP contribution >= 0.6 is 0 Å². The Labute approximate surface area is 123 Å². The summed E-state index contributed by atoms with van der Waals surface area (Å²) >= 11 is 0. The highest BCUT2D eigenvalue weighted by Crippen LogP contribution is 2.28. The maximum Gasteiger partial charge on any atom is 0.229 e. The van der Waals surface area contributed by atoms with Crippen molar-refractivity contribution >= 4 is 17.7 Å². The van der Waals surface area contributed by atoms with Crippen LogP contribution in [-0.4, -0.2) is 17.0 Å². The lowest BCUT2D eigenvalue weighted by molar-refractivity contribution is -0.313. The van der Waals surface area contributed by atoms with E-state index >= 15 is 0 Å². The Morgan fingerprint density at radius 1 is 1.29 bits per heavy atom. The summed E-state index contributed by atoms with van der Waals surface area (Å²) < 4.78 is 5.18. The van der Waals surface area contributed by atoms with Crippen LogP contribution in [-0.2, 0) is 15.0 Å². The third-order valence-electron chi connectivity index (χ3n) is 3.57. The van der Waals surface area contributed by atoms with E-state index in [0.29, 0.717) is 24.4 Å². The highest BCUT2D eigenvalue weighted by molar-refractivity contribution is 5.94. The minimum Gasteiger partial charge on any atom is -0.550 e. The van der Waals surface area contributed by atoms with E-state index in [-0.39, 0.29) is 11.3 Å². The first-order chi connectivity index (χ1) is 9.79. The van der Waals surface area contributed by atoms with Crippen LogP contribution in [0.5, 0.6) is 0 Å². The fourth-order valence-electron chi connectivity index (χ4n) is 2.27. The first kappa shape index (κ1) is 15.3. The summed E-state index contributed by atoms with van der Waals surface area (Å²) in [5, 5.41) is 17.5. The van der Waals surface area contributed by atoms with Crippen LogP contribution in [0.2, 0.25) is 0 Å². The van der Waals surface area contributed by atoms with Crippen molar-refractivity contribution in [3.63, 3.8) is 0 Å². The van der Waals surface area contributed by atoms with E-state index in [4.69, 9.17) is 4.52 Å². The van der Waals surface area contributed by atoms with Crippen LogP contribution in [0.15, 0.2) is 22.7 Å². The Morgan fingerprint density at radius 2 is 1.90 bits per heavy atom. The van der Waals surface area contributed by atoms with Gasteiger partial charge in [0.1, 0.15) is 5.76 Å². The molecule has 21 heavy (non-hydrogen) atoms. The summed E-state index contributed by atoms with van der Waals surface area (Å²) in [7, 11) is 0. The van der Waals surface area contributed by atoms with Crippen molar-refractivity contribution in [2.24, 2.45) is 11.8 Å². The average Bonchev–Trinajstić information content (AvgIpc) is 2.87. The molecule has 114 valence electrons. The Balaban J connectivity index is 2.08. The molecule has 0 radical (unpaired) electrons. The van der Waals surface area contributed by atoms with Gasteiger partial charge in [-0.05, 0) is 12.8 Å². The molecule has 1 aromatic heterocycles. The van der Waals surface area contributed by atoms with Crippen molar-refractivity contribution in [2.45, 2.75) is 39.0 Å². The highest BCUT2D eigenvalue weighted by atomic mass is 16.5. The van der Waals surface area contributed by atoms with E-state index in [0.717, 1.165) is 0 Å². The van der Waals surface area contributed by atoms with Crippen molar-refractivity contribution in [3.8, 4) is 0 Å². The zero-order chi connectivity index (χ0) is 15.6. The quantitative estimate of drug-likeness (QED) is 0.845. The highest BCUT2D eigenvalue weighted by Gasteiger charge is 2.30. The van der Waals surface area contributed by atoms with Gasteiger partial charge in [0.15, 0.2) is 5.82 Å². The van der Waals surface area contributed by atoms with E-state index in [2.05, 4.69) is 10.5 Å². The molecule has 2 rings (SSSR count). The summed E-state index contributed by atoms with van der Waals surface area (Å²) in [5.41, 5.74) is -0.211. The smallest absolute Gasteiger partial charge is 0.229 e. The number of hydrogen-bond donors (Lipinski definition) is 1. The summed E-state index contributed by atoms with van der Waals surface area (Å²) in [6.45, 7) is 5.91. The molecule has 0 fully saturated rings. The summed E-state index contributed by atoms with van der Waals surface area (Å²) in [6, 6.07) is 1.66. The number of rotatable bonds is 3. The Bertz CT molecular complexity index is 568. The predicted octanol–water partition coefficient (Wildman–Crippen LogP) is 1.24. The number of anilines is 1. The van der Waals surface area contributed by atoms with Crippen LogP contribution < -0.4 is 10.4 Å². The number of carbonyl (C=O) groups is 2. The lowest BCUT2D eigenvalue weighted by Crippen LogP contribution is -2.41. The summed E-state index contributed by atoms with van der Waals surface area (Å²) in [5.74, 6) is -2.06. The zero-order valence-electron chi connectivity index (χ0n) is 12.4. The van der Waals surface area contributed by atoms with E-state index in [9.17, 15) is 14.7 Å². The van der Waals surface area contributed by atoms with Gasteiger partial charge in [-0.3, -0.25) is 4.79 Å². The molecule has 0 unspecified atom stereocenters. The van der Waals surface area contributed by atoms with Gasteiger partial charge in [0.2, 0.25) is 5.91 Å². The molecule has 0 spiro atoms. The predicted molar refractivity (Wildman–Crippen MR) is 74.2 cm³/mol. The molecule has 1 aromatic rings. The number of carboxylic acid groups (broad SMARTS) is 1. The third-order valence-corrected chi connectivity index (χ3v) is 3.57. The standard InChI is InChI=1S/C15H20N2O4/c1-15(2,3)11-8-12(17-21-11)16-13(18)9-6-4-5-7-10(9)14(19)20/h4-5,8-10H,6-7H2,1-3H3,(H,19,20)(H,16,17,18)/p-1/t9-,10+/m1/s1. The lowest BCUT2D eigenvalue weighted by atomic mass is 9.82. The molecule has 2 atom stereocenters. The van der Waals surface area contributed by atoms with Gasteiger partial charge in [0.05, 0.1) is 5.92 Å². The van der Waals surface area contributed by atoms with Gasteiger partial charge < -0.3 is 19.7 Å². The van der Waals surface area contributed by atoms with Crippen LogP contribution in [0.3, 0.4) is 0 Å². The third kappa shape index (κ3) is 3.51. The van der Waals surface area contributed by atoms with Gasteiger partial charge in [-0.2, -0.15) is 0 Å². The second-order valence-electron chi connectivity index (χ2n) is 6.29. The zero-order valence-corrected chi connectivity index (χ0v) is 12.4. The van der Waals surface area contributed by atoms with Crippen LogP contribution in [0, 0.1) is 11.8 Å². The minimum atomic E-state index is -1.20. The molecule has 0 saturated carbocycles. The van der Waals surface area contributed by atoms with E-state index in [1.165, 1.54) is 0 Å². The Kier molecular flexibility index (Phi) is 4.16. The number of nitrogens with one attached hydrogen (secondary N) is 1. The van der Waals surface area contributed by atoms with Crippen molar-refractivity contribution in [2.75, 3.05) is 5.32 Å². The molecule has 1 aliphatic rings. The molecule has 0 bridgehead atoms. The molecule has 1 heterocycles. The van der Waals surface area contributed by atoms with Gasteiger partial charge in [-0.25, -0.2) is 0 Å². The maximum absolute atomic E-state index is 12.2. The SMILES string of the molecule is CC(C)(C)c1cc(NC(=O)[C@@H]2CC=CC[C@@H]2C(=O)[O-])no1. The van der Waals surface area contributed by atoms with E-state index in [1.54, 1.807) is 12.1 Å². The number of aromatic nitrogens is 1. The van der Waals surface area contributed by atoms with Gasteiger partial charge in [0.25, 0.3) is 0 Å². The van der Waals surface area contributed by atoms with Crippen molar-refractivity contribution in [1.29, 1.82) is 0 Å². The molecular formula is C15H19N2O4-. The van der Waals surface area contributed by atoms with Crippen LogP contribution in [0.4, 0.5) is 5.82 Å².